The molecule has 9 heteroatoms. The van der Waals surface area contributed by atoms with Crippen molar-refractivity contribution in [1.82, 2.24) is 5.32 Å². The van der Waals surface area contributed by atoms with E-state index in [0.717, 1.165) is 70.6 Å². The summed E-state index contributed by atoms with van der Waals surface area (Å²) in [6, 6.07) is -0.879. The molecule has 0 saturated heterocycles. The monoisotopic (exact) mass is 1070 g/mol. The smallest absolute Gasteiger partial charge is 0.387 e. The van der Waals surface area contributed by atoms with Crippen molar-refractivity contribution in [2.45, 2.75) is 289 Å². The molecule has 0 saturated carbocycles. The normalized spacial score (nSPS) is 14.4. The number of hydrogen-bond donors (Lipinski definition) is 3. The van der Waals surface area contributed by atoms with Crippen LogP contribution in [0.1, 0.15) is 277 Å². The van der Waals surface area contributed by atoms with Gasteiger partial charge in [-0.2, -0.15) is 0 Å². The minimum Gasteiger partial charge on any atom is -0.387 e. The van der Waals surface area contributed by atoms with Crippen molar-refractivity contribution < 1.29 is 32.9 Å². The molecule has 1 amide bonds. The van der Waals surface area contributed by atoms with Gasteiger partial charge in [0.25, 0.3) is 0 Å². The van der Waals surface area contributed by atoms with E-state index in [4.69, 9.17) is 9.05 Å². The first kappa shape index (κ1) is 72.7. The highest BCUT2D eigenvalue weighted by Gasteiger charge is 2.27. The van der Waals surface area contributed by atoms with E-state index in [-0.39, 0.29) is 19.1 Å². The van der Waals surface area contributed by atoms with E-state index in [9.17, 15) is 19.4 Å². The number of hydrogen-bond acceptors (Lipinski definition) is 5. The first-order chi connectivity index (χ1) is 36.5. The number of allylic oxidation sites excluding steroid dienone is 13. The average molecular weight is 1070 g/mol. The predicted octanol–water partition coefficient (Wildman–Crippen LogP) is 19.6. The fourth-order valence-electron chi connectivity index (χ4n) is 8.95. The van der Waals surface area contributed by atoms with Crippen LogP contribution in [-0.2, 0) is 18.4 Å². The zero-order valence-electron chi connectivity index (χ0n) is 49.8. The lowest BCUT2D eigenvalue weighted by Crippen LogP contribution is -2.45. The molecule has 0 aliphatic heterocycles. The van der Waals surface area contributed by atoms with Crippen molar-refractivity contribution >= 4 is 13.7 Å². The van der Waals surface area contributed by atoms with Gasteiger partial charge >= 0.3 is 7.82 Å². The van der Waals surface area contributed by atoms with Gasteiger partial charge in [-0.05, 0) is 83.5 Å². The number of phosphoric ester groups is 1. The second-order valence-electron chi connectivity index (χ2n) is 22.4. The minimum absolute atomic E-state index is 0.0491. The first-order valence-electron chi connectivity index (χ1n) is 31.5. The molecule has 0 aromatic carbocycles. The number of aliphatic hydroxyl groups is 1. The molecule has 75 heavy (non-hydrogen) atoms. The molecular formula is C66H122N2O6P+. The van der Waals surface area contributed by atoms with Crippen LogP contribution in [0.3, 0.4) is 0 Å². The average Bonchev–Trinajstić information content (AvgIpc) is 3.37. The lowest BCUT2D eigenvalue weighted by Gasteiger charge is -2.25. The zero-order valence-corrected chi connectivity index (χ0v) is 50.7. The summed E-state index contributed by atoms with van der Waals surface area (Å²) < 4.78 is 23.7. The second kappa shape index (κ2) is 56.4. The molecule has 0 aliphatic carbocycles. The molecule has 0 radical (unpaired) electrons. The Balaban J connectivity index is 4.23. The number of nitrogens with zero attached hydrogens (tertiary/aromatic N) is 1. The molecule has 0 heterocycles. The number of rotatable bonds is 57. The number of unbranched alkanes of at least 4 members (excludes halogenated alkanes) is 32. The van der Waals surface area contributed by atoms with Crippen LogP contribution in [-0.4, -0.2) is 73.4 Å². The first-order valence-corrected chi connectivity index (χ1v) is 33.0. The zero-order chi connectivity index (χ0) is 54.9. The number of phosphoric acid groups is 1. The molecule has 436 valence electrons. The van der Waals surface area contributed by atoms with Gasteiger partial charge < -0.3 is 19.8 Å². The Labute approximate surface area is 465 Å². The standard InChI is InChI=1S/C66H121N2O6P/c1-6-8-10-12-14-16-18-20-22-24-26-28-30-31-32-33-34-35-36-38-39-41-43-45-47-49-51-53-55-57-59-65(69)64(63-74-75(71,72)73-62-61-68(3,4)5)67-66(70)60-58-56-54-52-50-48-46-44-42-40-37-29-27-25-23-21-19-17-15-13-11-9-7-2/h9,11,15,17,21,23,27,29,41,43,49,51,57,59,64-65,69H,6-8,10,12-14,16,18-20,22,24-26,28,30-40,42,44-48,50,52-56,58,60-63H2,1-5H3,(H-,67,70,71,72)/p+1/b11-9-,17-15-,23-21-,29-27-,43-41+,51-49+,59-57+. The lowest BCUT2D eigenvalue weighted by atomic mass is 10.0. The Kier molecular flexibility index (Phi) is 54.7. The SMILES string of the molecule is CC/C=C\C/C=C\C/C=C\C/C=C\CCCCCCCCCCCCC(=O)NC(COP(=O)(O)OCC[N+](C)(C)C)C(O)/C=C/CC/C=C/CC/C=C/CCCCCCCCCCCCCCCCCCCCCC. The molecule has 3 unspecified atom stereocenters. The maximum atomic E-state index is 13.0. The fraction of sp³-hybridized carbons (Fsp3) is 0.773. The highest BCUT2D eigenvalue weighted by atomic mass is 31.2. The molecule has 3 N–H and O–H groups in total. The Bertz CT molecular complexity index is 1500. The number of carbonyl (C=O) groups excluding carboxylic acids is 1. The van der Waals surface area contributed by atoms with Gasteiger partial charge in [0.1, 0.15) is 13.2 Å². The Morgan fingerprint density at radius 1 is 0.467 bits per heavy atom. The number of carbonyl (C=O) groups is 1. The van der Waals surface area contributed by atoms with Gasteiger partial charge in [0, 0.05) is 6.42 Å². The molecule has 0 rings (SSSR count). The fourth-order valence-corrected chi connectivity index (χ4v) is 9.69. The van der Waals surface area contributed by atoms with E-state index in [1.165, 1.54) is 186 Å². The molecule has 8 nitrogen and oxygen atoms in total. The number of nitrogens with one attached hydrogen (secondary N) is 1. The van der Waals surface area contributed by atoms with E-state index in [2.05, 4.69) is 92.1 Å². The van der Waals surface area contributed by atoms with Crippen LogP contribution in [0.4, 0.5) is 0 Å². The van der Waals surface area contributed by atoms with Crippen molar-refractivity contribution in [1.29, 1.82) is 0 Å². The molecule has 0 spiro atoms. The van der Waals surface area contributed by atoms with Gasteiger partial charge in [-0.15, -0.1) is 0 Å². The van der Waals surface area contributed by atoms with Gasteiger partial charge in [0.05, 0.1) is 39.9 Å². The molecule has 0 aromatic rings. The second-order valence-corrected chi connectivity index (χ2v) is 23.8. The summed E-state index contributed by atoms with van der Waals surface area (Å²) >= 11 is 0. The summed E-state index contributed by atoms with van der Waals surface area (Å²) in [7, 11) is 1.54. The third-order valence-corrected chi connectivity index (χ3v) is 14.8. The molecule has 0 aromatic heterocycles. The van der Waals surface area contributed by atoms with Crippen LogP contribution in [0.5, 0.6) is 0 Å². The largest absolute Gasteiger partial charge is 0.472 e. The minimum atomic E-state index is -4.37. The van der Waals surface area contributed by atoms with Crippen LogP contribution in [0.15, 0.2) is 85.1 Å². The maximum Gasteiger partial charge on any atom is 0.472 e. The van der Waals surface area contributed by atoms with E-state index >= 15 is 0 Å². The van der Waals surface area contributed by atoms with Crippen LogP contribution in [0.25, 0.3) is 0 Å². The van der Waals surface area contributed by atoms with Crippen molar-refractivity contribution in [3.8, 4) is 0 Å². The number of aliphatic hydroxyl groups excluding tert-OH is 1. The van der Waals surface area contributed by atoms with Gasteiger partial charge in [-0.25, -0.2) is 4.57 Å². The number of amides is 1. The summed E-state index contributed by atoms with van der Waals surface area (Å²) in [5.74, 6) is -0.197. The van der Waals surface area contributed by atoms with E-state index in [1.807, 2.05) is 27.2 Å². The number of likely N-dealkylation sites (N-methyl/N-ethyl adjacent to an activating group) is 1. The molecule has 0 fully saturated rings. The summed E-state index contributed by atoms with van der Waals surface area (Å²) in [5.41, 5.74) is 0. The molecule has 0 bridgehead atoms. The predicted molar refractivity (Wildman–Crippen MR) is 327 cm³/mol. The number of quaternary nitrogens is 1. The molecule has 3 atom stereocenters. The van der Waals surface area contributed by atoms with Crippen LogP contribution in [0.2, 0.25) is 0 Å². The van der Waals surface area contributed by atoms with Crippen molar-refractivity contribution in [3.05, 3.63) is 85.1 Å². The van der Waals surface area contributed by atoms with Gasteiger partial charge in [0.2, 0.25) is 5.91 Å². The summed E-state index contributed by atoms with van der Waals surface area (Å²) in [6.07, 6.45) is 80.0. The van der Waals surface area contributed by atoms with Crippen LogP contribution >= 0.6 is 7.82 Å². The molecule has 0 aliphatic rings. The van der Waals surface area contributed by atoms with Crippen molar-refractivity contribution in [2.75, 3.05) is 40.9 Å². The third kappa shape index (κ3) is 59.2. The van der Waals surface area contributed by atoms with Gasteiger partial charge in [-0.1, -0.05) is 272 Å². The van der Waals surface area contributed by atoms with E-state index in [0.29, 0.717) is 17.4 Å². The quantitative estimate of drug-likeness (QED) is 0.0243. The topological polar surface area (TPSA) is 105 Å². The van der Waals surface area contributed by atoms with E-state index in [1.54, 1.807) is 6.08 Å². The Morgan fingerprint density at radius 3 is 1.23 bits per heavy atom. The highest BCUT2D eigenvalue weighted by molar-refractivity contribution is 7.47. The van der Waals surface area contributed by atoms with Crippen LogP contribution in [0, 0.1) is 0 Å². The summed E-state index contributed by atoms with van der Waals surface area (Å²) in [4.78, 5) is 23.3. The van der Waals surface area contributed by atoms with Gasteiger partial charge in [-0.3, -0.25) is 13.8 Å². The summed E-state index contributed by atoms with van der Waals surface area (Å²) in [6.45, 7) is 4.69. The Hall–Kier alpha value is -2.32. The van der Waals surface area contributed by atoms with Crippen LogP contribution < -0.4 is 5.32 Å². The summed E-state index contributed by atoms with van der Waals surface area (Å²) in [5, 5.41) is 13.9. The highest BCUT2D eigenvalue weighted by Crippen LogP contribution is 2.43. The van der Waals surface area contributed by atoms with E-state index < -0.39 is 20.0 Å². The third-order valence-electron chi connectivity index (χ3n) is 13.8. The maximum absolute atomic E-state index is 13.0. The lowest BCUT2D eigenvalue weighted by molar-refractivity contribution is -0.870. The van der Waals surface area contributed by atoms with Crippen molar-refractivity contribution in [3.63, 3.8) is 0 Å². The van der Waals surface area contributed by atoms with Gasteiger partial charge in [0.15, 0.2) is 0 Å². The van der Waals surface area contributed by atoms with Crippen molar-refractivity contribution in [2.24, 2.45) is 0 Å². The molecular weight excluding hydrogens is 948 g/mol. The Morgan fingerprint density at radius 2 is 0.813 bits per heavy atom.